The van der Waals surface area contributed by atoms with E-state index in [0.29, 0.717) is 34.9 Å². The van der Waals surface area contributed by atoms with Crippen molar-refractivity contribution in [2.75, 3.05) is 25.5 Å². The zero-order valence-corrected chi connectivity index (χ0v) is 22.8. The molecular formula is C29H35N7O3. The maximum Gasteiger partial charge on any atom is 0.265 e. The molecule has 3 aromatic rings. The number of aliphatic hydroxyl groups is 2. The number of hydrogen-bond acceptors (Lipinski definition) is 7. The van der Waals surface area contributed by atoms with Crippen molar-refractivity contribution < 1.29 is 10.2 Å². The van der Waals surface area contributed by atoms with Crippen LogP contribution < -0.4 is 10.9 Å². The molecule has 0 saturated heterocycles. The Morgan fingerprint density at radius 1 is 1.21 bits per heavy atom. The number of aryl methyl sites for hydroxylation is 4. The molecule has 0 spiro atoms. The lowest BCUT2D eigenvalue weighted by atomic mass is 9.85. The van der Waals surface area contributed by atoms with Gasteiger partial charge in [0.25, 0.3) is 5.56 Å². The lowest BCUT2D eigenvalue weighted by molar-refractivity contribution is 0.0862. The minimum absolute atomic E-state index is 0.00150. The molecule has 3 aliphatic heterocycles. The molecule has 6 rings (SSSR count). The summed E-state index contributed by atoms with van der Waals surface area (Å²) >= 11 is 0. The third-order valence-corrected chi connectivity index (χ3v) is 8.12. The average molecular weight is 530 g/mol. The summed E-state index contributed by atoms with van der Waals surface area (Å²) in [5, 5.41) is 29.9. The SMILES string of the molecule is Cc1cc(NC2=CC(C3=C(CO)C(n4ccc5c(cc6n5CCCC6)c4=O)=NCC3C)=CN(C)C2O)nn1C. The van der Waals surface area contributed by atoms with Crippen LogP contribution in [-0.2, 0) is 20.0 Å². The van der Waals surface area contributed by atoms with Gasteiger partial charge in [-0.1, -0.05) is 6.92 Å². The molecule has 2 unspecified atom stereocenters. The Balaban J connectivity index is 1.43. The normalized spacial score (nSPS) is 21.6. The van der Waals surface area contributed by atoms with E-state index in [4.69, 9.17) is 4.99 Å². The highest BCUT2D eigenvalue weighted by molar-refractivity contribution is 6.03. The molecule has 10 heteroatoms. The van der Waals surface area contributed by atoms with Crippen molar-refractivity contribution in [3.8, 4) is 0 Å². The van der Waals surface area contributed by atoms with E-state index in [-0.39, 0.29) is 18.1 Å². The van der Waals surface area contributed by atoms with Crippen LogP contribution >= 0.6 is 0 Å². The summed E-state index contributed by atoms with van der Waals surface area (Å²) < 4.78 is 5.60. The summed E-state index contributed by atoms with van der Waals surface area (Å²) in [6, 6.07) is 5.92. The van der Waals surface area contributed by atoms with Crippen molar-refractivity contribution >= 4 is 22.6 Å². The first-order valence-corrected chi connectivity index (χ1v) is 13.5. The lowest BCUT2D eigenvalue weighted by Gasteiger charge is -2.33. The van der Waals surface area contributed by atoms with Gasteiger partial charge in [0.2, 0.25) is 0 Å². The molecule has 0 aliphatic carbocycles. The standard InChI is InChI=1S/C29H35N7O3/c1-17-14-30-27(36-10-8-24-21(28(36)38)13-20-7-5-6-9-35(20)24)22(16-37)26(17)19-12-23(29(39)33(3)15-19)31-25-11-18(2)34(4)32-25/h8,10-13,15,17,29,37,39H,5-7,9,14,16H2,1-4H3,(H,31,32). The van der Waals surface area contributed by atoms with E-state index < -0.39 is 6.23 Å². The van der Waals surface area contributed by atoms with Gasteiger partial charge in [0, 0.05) is 68.5 Å². The summed E-state index contributed by atoms with van der Waals surface area (Å²) in [6.07, 6.45) is 7.91. The monoisotopic (exact) mass is 529 g/mol. The summed E-state index contributed by atoms with van der Waals surface area (Å²) in [7, 11) is 3.67. The van der Waals surface area contributed by atoms with Crippen molar-refractivity contribution in [3.63, 3.8) is 0 Å². The number of fused-ring (bicyclic) bond motifs is 3. The Bertz CT molecular complexity index is 1630. The molecule has 3 aliphatic rings. The lowest BCUT2D eigenvalue weighted by Crippen LogP contribution is -2.37. The molecule has 6 heterocycles. The van der Waals surface area contributed by atoms with Crippen molar-refractivity contribution in [2.24, 2.45) is 18.0 Å². The second kappa shape index (κ2) is 9.69. The van der Waals surface area contributed by atoms with Gasteiger partial charge in [0.05, 0.1) is 23.2 Å². The third-order valence-electron chi connectivity index (χ3n) is 8.12. The molecule has 0 fully saturated rings. The number of rotatable bonds is 4. The zero-order chi connectivity index (χ0) is 27.4. The highest BCUT2D eigenvalue weighted by atomic mass is 16.3. The minimum Gasteiger partial charge on any atom is -0.392 e. The summed E-state index contributed by atoms with van der Waals surface area (Å²) in [5.74, 6) is 1.11. The fourth-order valence-electron chi connectivity index (χ4n) is 6.00. The fourth-order valence-corrected chi connectivity index (χ4v) is 6.00. The number of aromatic nitrogens is 4. The van der Waals surface area contributed by atoms with Gasteiger partial charge >= 0.3 is 0 Å². The molecule has 3 aromatic heterocycles. The maximum absolute atomic E-state index is 13.7. The summed E-state index contributed by atoms with van der Waals surface area (Å²) in [4.78, 5) is 20.2. The number of aliphatic imine (C=N–C) groups is 1. The molecule has 3 N–H and O–H groups in total. The second-order valence-electron chi connectivity index (χ2n) is 10.8. The topological polar surface area (TPSA) is 113 Å². The van der Waals surface area contributed by atoms with Crippen molar-refractivity contribution in [1.82, 2.24) is 23.8 Å². The van der Waals surface area contributed by atoms with Crippen LogP contribution in [0.15, 0.2) is 68.9 Å². The number of hydrogen-bond donors (Lipinski definition) is 3. The number of nitrogens with zero attached hydrogens (tertiary/aromatic N) is 6. The molecule has 204 valence electrons. The average Bonchev–Trinajstić information content (AvgIpc) is 3.46. The van der Waals surface area contributed by atoms with Gasteiger partial charge < -0.3 is 25.0 Å². The predicted octanol–water partition coefficient (Wildman–Crippen LogP) is 2.51. The van der Waals surface area contributed by atoms with E-state index in [9.17, 15) is 15.0 Å². The van der Waals surface area contributed by atoms with Crippen molar-refractivity contribution in [2.45, 2.75) is 45.9 Å². The predicted molar refractivity (Wildman–Crippen MR) is 152 cm³/mol. The van der Waals surface area contributed by atoms with Crippen molar-refractivity contribution in [1.29, 1.82) is 0 Å². The minimum atomic E-state index is -0.882. The fraction of sp³-hybridized carbons (Fsp3) is 0.414. The van der Waals surface area contributed by atoms with E-state index in [1.54, 1.807) is 27.4 Å². The van der Waals surface area contributed by atoms with Crippen LogP contribution in [0.2, 0.25) is 0 Å². The molecule has 39 heavy (non-hydrogen) atoms. The quantitative estimate of drug-likeness (QED) is 0.479. The van der Waals surface area contributed by atoms with Gasteiger partial charge in [-0.3, -0.25) is 19.0 Å². The number of anilines is 1. The maximum atomic E-state index is 13.7. The van der Waals surface area contributed by atoms with Crippen LogP contribution in [0.25, 0.3) is 10.9 Å². The first-order chi connectivity index (χ1) is 18.8. The number of nitrogens with one attached hydrogen (secondary N) is 1. The Morgan fingerprint density at radius 2 is 2.03 bits per heavy atom. The van der Waals surface area contributed by atoms with Crippen LogP contribution in [0, 0.1) is 12.8 Å². The highest BCUT2D eigenvalue weighted by Crippen LogP contribution is 2.34. The van der Waals surface area contributed by atoms with E-state index in [0.717, 1.165) is 48.2 Å². The van der Waals surface area contributed by atoms with E-state index in [2.05, 4.69) is 21.9 Å². The first-order valence-electron chi connectivity index (χ1n) is 13.5. The van der Waals surface area contributed by atoms with Crippen LogP contribution in [-0.4, -0.2) is 66.3 Å². The second-order valence-corrected chi connectivity index (χ2v) is 10.8. The molecule has 10 nitrogen and oxygen atoms in total. The van der Waals surface area contributed by atoms with Gasteiger partial charge in [-0.15, -0.1) is 0 Å². The smallest absolute Gasteiger partial charge is 0.265 e. The zero-order valence-electron chi connectivity index (χ0n) is 22.8. The molecule has 0 bridgehead atoms. The van der Waals surface area contributed by atoms with Crippen LogP contribution in [0.5, 0.6) is 0 Å². The number of likely N-dealkylation sites (N-methyl/N-ethyl adjacent to an activating group) is 1. The molecule has 0 radical (unpaired) electrons. The largest absolute Gasteiger partial charge is 0.392 e. The Hall–Kier alpha value is -3.89. The van der Waals surface area contributed by atoms with Crippen LogP contribution in [0.1, 0.15) is 31.2 Å². The van der Waals surface area contributed by atoms with Gasteiger partial charge in [-0.25, -0.2) is 0 Å². The molecule has 0 saturated carbocycles. The molecule has 0 amide bonds. The Kier molecular flexibility index (Phi) is 6.31. The van der Waals surface area contributed by atoms with E-state index in [1.165, 1.54) is 5.69 Å². The van der Waals surface area contributed by atoms with Crippen LogP contribution in [0.4, 0.5) is 5.82 Å². The van der Waals surface area contributed by atoms with Crippen molar-refractivity contribution in [3.05, 3.63) is 80.8 Å². The summed E-state index contributed by atoms with van der Waals surface area (Å²) in [6.45, 7) is 5.17. The van der Waals surface area contributed by atoms with Gasteiger partial charge in [-0.05, 0) is 55.5 Å². The Morgan fingerprint density at radius 3 is 2.77 bits per heavy atom. The van der Waals surface area contributed by atoms with Gasteiger partial charge in [0.1, 0.15) is 5.84 Å². The van der Waals surface area contributed by atoms with E-state index >= 15 is 0 Å². The molecular weight excluding hydrogens is 494 g/mol. The van der Waals surface area contributed by atoms with Gasteiger partial charge in [0.15, 0.2) is 12.0 Å². The number of pyridine rings is 1. The Labute approximate surface area is 226 Å². The first kappa shape index (κ1) is 25.4. The highest BCUT2D eigenvalue weighted by Gasteiger charge is 2.30. The van der Waals surface area contributed by atoms with E-state index in [1.807, 2.05) is 44.4 Å². The number of dihydropyridines is 1. The summed E-state index contributed by atoms with van der Waals surface area (Å²) in [5.41, 5.74) is 5.96. The number of allylic oxidation sites excluding steroid dienone is 2. The third kappa shape index (κ3) is 4.24. The number of aliphatic hydroxyl groups excluding tert-OH is 2. The molecule has 0 aromatic carbocycles. The van der Waals surface area contributed by atoms with Gasteiger partial charge in [-0.2, -0.15) is 5.10 Å². The van der Waals surface area contributed by atoms with Crippen LogP contribution in [0.3, 0.4) is 0 Å². The molecule has 2 atom stereocenters.